The zero-order valence-electron chi connectivity index (χ0n) is 20.6. The van der Waals surface area contributed by atoms with E-state index in [1.54, 1.807) is 0 Å². The molecule has 0 radical (unpaired) electrons. The maximum absolute atomic E-state index is 14.4. The lowest BCUT2D eigenvalue weighted by Gasteiger charge is -2.37. The number of anilines is 1. The fourth-order valence-electron chi connectivity index (χ4n) is 5.01. The van der Waals surface area contributed by atoms with E-state index in [0.29, 0.717) is 13.0 Å². The summed E-state index contributed by atoms with van der Waals surface area (Å²) in [6, 6.07) is 8.05. The van der Waals surface area contributed by atoms with Gasteiger partial charge < -0.3 is 29.6 Å². The van der Waals surface area contributed by atoms with Gasteiger partial charge in [-0.3, -0.25) is 14.0 Å². The molecule has 1 fully saturated rings. The maximum Gasteiger partial charge on any atom is 0.469 e. The van der Waals surface area contributed by atoms with Crippen LogP contribution in [0, 0.1) is 0 Å². The average molecular weight is 528 g/mol. The number of halogens is 1. The van der Waals surface area contributed by atoms with Crippen molar-refractivity contribution in [1.82, 2.24) is 9.47 Å². The van der Waals surface area contributed by atoms with Crippen molar-refractivity contribution in [2.75, 3.05) is 37.6 Å². The summed E-state index contributed by atoms with van der Waals surface area (Å²) in [6.07, 6.45) is -2.83. The summed E-state index contributed by atoms with van der Waals surface area (Å²) in [5.74, 6) is 0.471. The summed E-state index contributed by atoms with van der Waals surface area (Å²) in [5, 5.41) is 21.2. The first-order chi connectivity index (χ1) is 17.0. The quantitative estimate of drug-likeness (QED) is 0.364. The Hall–Kier alpha value is -2.30. The van der Waals surface area contributed by atoms with Crippen LogP contribution in [0.2, 0.25) is 0 Å². The number of aromatic hydroxyl groups is 2. The molecule has 4 rings (SSSR count). The molecule has 2 heterocycles. The lowest BCUT2D eigenvalue weighted by Crippen LogP contribution is -2.46. The van der Waals surface area contributed by atoms with Gasteiger partial charge >= 0.3 is 7.82 Å². The molecule has 36 heavy (non-hydrogen) atoms. The fraction of sp³-hybridized carbons (Fsp3) is 0.583. The zero-order chi connectivity index (χ0) is 26.0. The maximum atomic E-state index is 14.4. The average Bonchev–Trinajstić information content (AvgIpc) is 3.03. The second-order valence-electron chi connectivity index (χ2n) is 9.63. The molecule has 1 aromatic carbocycles. The molecule has 2 aliphatic rings. The van der Waals surface area contributed by atoms with E-state index in [1.165, 1.54) is 4.57 Å². The standard InChI is InChI=1S/C24H35FN3O7P/c1-16(2)34-21-7-4-3-6-20(21)27-12-10-26(11-13-27)8-5-9-28-23(29)17-14-19(25)22(35-36(31,32)33)15-18(17)24(28)30/h3-4,6-7,16,19,22,29-30H,5,8-15H2,1-2H3,(H2,31,32,33). The van der Waals surface area contributed by atoms with E-state index >= 15 is 0 Å². The van der Waals surface area contributed by atoms with Crippen molar-refractivity contribution in [2.45, 2.75) is 58.0 Å². The number of phosphoric ester groups is 1. The van der Waals surface area contributed by atoms with Gasteiger partial charge in [-0.1, -0.05) is 12.1 Å². The monoisotopic (exact) mass is 527 g/mol. The van der Waals surface area contributed by atoms with Crippen molar-refractivity contribution in [3.8, 4) is 17.5 Å². The van der Waals surface area contributed by atoms with Gasteiger partial charge in [-0.05, 0) is 38.9 Å². The van der Waals surface area contributed by atoms with Crippen LogP contribution in [0.3, 0.4) is 0 Å². The first-order valence-corrected chi connectivity index (χ1v) is 13.8. The van der Waals surface area contributed by atoms with E-state index in [1.807, 2.05) is 32.0 Å². The topological polar surface area (TPSA) is 128 Å². The second-order valence-corrected chi connectivity index (χ2v) is 10.8. The van der Waals surface area contributed by atoms with E-state index in [2.05, 4.69) is 20.4 Å². The van der Waals surface area contributed by atoms with Gasteiger partial charge in [0.05, 0.1) is 11.8 Å². The number of nitrogens with zero attached hydrogens (tertiary/aromatic N) is 3. The van der Waals surface area contributed by atoms with E-state index in [4.69, 9.17) is 14.5 Å². The highest BCUT2D eigenvalue weighted by molar-refractivity contribution is 7.46. The first-order valence-electron chi connectivity index (χ1n) is 12.3. The molecule has 0 amide bonds. The summed E-state index contributed by atoms with van der Waals surface area (Å²) in [4.78, 5) is 22.7. The first kappa shape index (κ1) is 26.8. The van der Waals surface area contributed by atoms with E-state index in [0.717, 1.165) is 44.2 Å². The van der Waals surface area contributed by atoms with Gasteiger partial charge in [0.1, 0.15) is 18.0 Å². The Bertz CT molecular complexity index is 1100. The number of alkyl halides is 1. The van der Waals surface area contributed by atoms with Crippen LogP contribution in [0.15, 0.2) is 24.3 Å². The van der Waals surface area contributed by atoms with E-state index in [9.17, 15) is 19.2 Å². The Morgan fingerprint density at radius 3 is 2.31 bits per heavy atom. The minimum absolute atomic E-state index is 0.0971. The number of hydrogen-bond acceptors (Lipinski definition) is 7. The van der Waals surface area contributed by atoms with Gasteiger partial charge in [0.15, 0.2) is 11.8 Å². The molecule has 1 aliphatic heterocycles. The van der Waals surface area contributed by atoms with E-state index in [-0.39, 0.29) is 41.8 Å². The third kappa shape index (κ3) is 6.15. The smallest absolute Gasteiger partial charge is 0.469 e. The molecule has 4 N–H and O–H groups in total. The highest BCUT2D eigenvalue weighted by atomic mass is 31.2. The molecule has 200 valence electrons. The molecular weight excluding hydrogens is 492 g/mol. The Kier molecular flexibility index (Phi) is 8.16. The Balaban J connectivity index is 1.32. The second kappa shape index (κ2) is 11.0. The Morgan fingerprint density at radius 2 is 1.67 bits per heavy atom. The number of aromatic nitrogens is 1. The summed E-state index contributed by atoms with van der Waals surface area (Å²) < 4.78 is 37.4. The van der Waals surface area contributed by atoms with Gasteiger partial charge in [-0.25, -0.2) is 8.96 Å². The Morgan fingerprint density at radius 1 is 1.03 bits per heavy atom. The zero-order valence-corrected chi connectivity index (χ0v) is 21.5. The lowest BCUT2D eigenvalue weighted by atomic mass is 9.91. The number of fused-ring (bicyclic) bond motifs is 1. The lowest BCUT2D eigenvalue weighted by molar-refractivity contribution is 0.0595. The molecular formula is C24H35FN3O7P. The molecule has 10 nitrogen and oxygen atoms in total. The van der Waals surface area contributed by atoms with Crippen molar-refractivity contribution in [1.29, 1.82) is 0 Å². The minimum Gasteiger partial charge on any atom is -0.494 e. The van der Waals surface area contributed by atoms with Crippen LogP contribution in [0.4, 0.5) is 10.1 Å². The molecule has 0 spiro atoms. The van der Waals surface area contributed by atoms with Gasteiger partial charge in [-0.15, -0.1) is 0 Å². The van der Waals surface area contributed by atoms with Crippen molar-refractivity contribution >= 4 is 13.5 Å². The van der Waals surface area contributed by atoms with Gasteiger partial charge in [0, 0.05) is 56.7 Å². The van der Waals surface area contributed by atoms with Crippen LogP contribution >= 0.6 is 7.82 Å². The summed E-state index contributed by atoms with van der Waals surface area (Å²) in [7, 11) is -4.88. The number of para-hydroxylation sites is 2. The number of hydrogen-bond donors (Lipinski definition) is 4. The SMILES string of the molecule is CC(C)Oc1ccccc1N1CCN(CCCn2c(O)c3c(c2O)CC(OP(=O)(O)O)C(F)C3)CC1. The van der Waals surface area contributed by atoms with Crippen LogP contribution in [0.1, 0.15) is 31.4 Å². The van der Waals surface area contributed by atoms with Crippen LogP contribution in [0.5, 0.6) is 17.5 Å². The minimum atomic E-state index is -4.88. The molecule has 0 bridgehead atoms. The molecule has 1 aromatic heterocycles. The van der Waals surface area contributed by atoms with Crippen LogP contribution in [-0.4, -0.2) is 80.6 Å². The number of benzene rings is 1. The third-order valence-electron chi connectivity index (χ3n) is 6.69. The van der Waals surface area contributed by atoms with Crippen LogP contribution in [-0.2, 0) is 28.5 Å². The van der Waals surface area contributed by atoms with Crippen molar-refractivity contribution in [2.24, 2.45) is 0 Å². The highest BCUT2D eigenvalue weighted by Crippen LogP contribution is 2.45. The molecule has 1 aliphatic carbocycles. The molecule has 2 atom stereocenters. The number of phosphoric acid groups is 1. The van der Waals surface area contributed by atoms with E-state index < -0.39 is 20.1 Å². The highest BCUT2D eigenvalue weighted by Gasteiger charge is 2.39. The number of piperazine rings is 1. The van der Waals surface area contributed by atoms with Gasteiger partial charge in [0.25, 0.3) is 0 Å². The van der Waals surface area contributed by atoms with Crippen molar-refractivity contribution in [3.05, 3.63) is 35.4 Å². The molecule has 0 saturated carbocycles. The predicted molar refractivity (Wildman–Crippen MR) is 132 cm³/mol. The van der Waals surface area contributed by atoms with Crippen LogP contribution in [0.25, 0.3) is 0 Å². The normalized spacial score (nSPS) is 21.1. The molecule has 2 unspecified atom stereocenters. The number of rotatable bonds is 9. The van der Waals surface area contributed by atoms with Crippen molar-refractivity contribution in [3.63, 3.8) is 0 Å². The fourth-order valence-corrected chi connectivity index (χ4v) is 5.57. The van der Waals surface area contributed by atoms with Crippen LogP contribution < -0.4 is 9.64 Å². The summed E-state index contributed by atoms with van der Waals surface area (Å²) >= 11 is 0. The molecule has 12 heteroatoms. The Labute approximate surface area is 210 Å². The number of ether oxygens (including phenoxy) is 1. The summed E-state index contributed by atoms with van der Waals surface area (Å²) in [6.45, 7) is 8.54. The third-order valence-corrected chi connectivity index (χ3v) is 7.24. The molecule has 2 aromatic rings. The largest absolute Gasteiger partial charge is 0.494 e. The molecule has 1 saturated heterocycles. The summed E-state index contributed by atoms with van der Waals surface area (Å²) in [5.41, 5.74) is 1.63. The predicted octanol–water partition coefficient (Wildman–Crippen LogP) is 2.81. The van der Waals surface area contributed by atoms with Gasteiger partial charge in [-0.2, -0.15) is 0 Å². The van der Waals surface area contributed by atoms with Gasteiger partial charge in [0.2, 0.25) is 0 Å². The van der Waals surface area contributed by atoms with Crippen molar-refractivity contribution < 1.29 is 38.2 Å².